The monoisotopic (exact) mass is 821 g/mol. The standard InChI is InChI=1S/C52H100O6/c1-6-8-9-10-11-12-13-19-22-27-32-37-42-50(53)56-45-49(46-57-51(54)43-38-33-29-24-25-30-35-40-47(3)4)58-52(55)44-39-34-28-23-20-17-15-14-16-18-21-26-31-36-41-48(5)7-2/h47-49H,6-46H2,1-5H3/t48?,49-/m0/s1. The maximum absolute atomic E-state index is 12.8. The van der Waals surface area contributed by atoms with E-state index in [1.165, 1.54) is 173 Å². The van der Waals surface area contributed by atoms with Crippen molar-refractivity contribution < 1.29 is 28.6 Å². The first-order valence-electron chi connectivity index (χ1n) is 25.8. The van der Waals surface area contributed by atoms with Crippen LogP contribution in [0.5, 0.6) is 0 Å². The topological polar surface area (TPSA) is 78.9 Å². The normalized spacial score (nSPS) is 12.5. The fourth-order valence-corrected chi connectivity index (χ4v) is 7.78. The minimum Gasteiger partial charge on any atom is -0.462 e. The molecule has 0 heterocycles. The van der Waals surface area contributed by atoms with Gasteiger partial charge in [-0.15, -0.1) is 0 Å². The number of esters is 3. The van der Waals surface area contributed by atoms with Crippen molar-refractivity contribution in [1.29, 1.82) is 0 Å². The molecule has 0 radical (unpaired) electrons. The highest BCUT2D eigenvalue weighted by Crippen LogP contribution is 2.18. The van der Waals surface area contributed by atoms with Gasteiger partial charge in [-0.25, -0.2) is 0 Å². The van der Waals surface area contributed by atoms with E-state index >= 15 is 0 Å². The average molecular weight is 821 g/mol. The van der Waals surface area contributed by atoms with Gasteiger partial charge in [0.05, 0.1) is 0 Å². The summed E-state index contributed by atoms with van der Waals surface area (Å²) < 4.78 is 16.8. The maximum atomic E-state index is 12.8. The molecule has 0 fully saturated rings. The van der Waals surface area contributed by atoms with Crippen LogP contribution in [0, 0.1) is 11.8 Å². The molecular formula is C52H100O6. The smallest absolute Gasteiger partial charge is 0.306 e. The summed E-state index contributed by atoms with van der Waals surface area (Å²) in [5, 5.41) is 0. The summed E-state index contributed by atoms with van der Waals surface area (Å²) in [6.45, 7) is 11.4. The number of carbonyl (C=O) groups is 3. The molecule has 0 saturated carbocycles. The van der Waals surface area contributed by atoms with E-state index < -0.39 is 6.10 Å². The lowest BCUT2D eigenvalue weighted by molar-refractivity contribution is -0.167. The van der Waals surface area contributed by atoms with E-state index in [-0.39, 0.29) is 31.1 Å². The second-order valence-corrected chi connectivity index (χ2v) is 18.5. The zero-order valence-electron chi connectivity index (χ0n) is 39.7. The summed E-state index contributed by atoms with van der Waals surface area (Å²) in [4.78, 5) is 37.9. The van der Waals surface area contributed by atoms with Gasteiger partial charge in [0, 0.05) is 19.3 Å². The Morgan fingerprint density at radius 2 is 0.655 bits per heavy atom. The molecule has 0 rings (SSSR count). The van der Waals surface area contributed by atoms with Crippen LogP contribution in [-0.2, 0) is 28.6 Å². The van der Waals surface area contributed by atoms with Crippen LogP contribution in [0.2, 0.25) is 0 Å². The lowest BCUT2D eigenvalue weighted by Gasteiger charge is -2.18. The van der Waals surface area contributed by atoms with Crippen molar-refractivity contribution in [2.24, 2.45) is 11.8 Å². The number of rotatable bonds is 46. The van der Waals surface area contributed by atoms with Crippen LogP contribution >= 0.6 is 0 Å². The van der Waals surface area contributed by atoms with E-state index in [1.807, 2.05) is 0 Å². The van der Waals surface area contributed by atoms with Crippen LogP contribution in [0.25, 0.3) is 0 Å². The predicted octanol–water partition coefficient (Wildman–Crippen LogP) is 16.5. The van der Waals surface area contributed by atoms with E-state index in [9.17, 15) is 14.4 Å². The zero-order valence-corrected chi connectivity index (χ0v) is 39.7. The van der Waals surface area contributed by atoms with Gasteiger partial charge in [-0.2, -0.15) is 0 Å². The van der Waals surface area contributed by atoms with Crippen molar-refractivity contribution in [1.82, 2.24) is 0 Å². The van der Waals surface area contributed by atoms with Crippen LogP contribution in [0.4, 0.5) is 0 Å². The summed E-state index contributed by atoms with van der Waals surface area (Å²) in [5.41, 5.74) is 0. The Labute approximate surface area is 361 Å². The largest absolute Gasteiger partial charge is 0.462 e. The zero-order chi connectivity index (χ0) is 42.6. The van der Waals surface area contributed by atoms with Gasteiger partial charge < -0.3 is 14.2 Å². The third kappa shape index (κ3) is 44.0. The molecule has 0 saturated heterocycles. The first-order valence-corrected chi connectivity index (χ1v) is 25.8. The molecule has 0 bridgehead atoms. The number of ether oxygens (including phenoxy) is 3. The molecule has 0 aromatic carbocycles. The summed E-state index contributed by atoms with van der Waals surface area (Å²) in [6.07, 6.45) is 45.2. The molecule has 0 aliphatic carbocycles. The molecule has 2 atom stereocenters. The van der Waals surface area contributed by atoms with Gasteiger partial charge in [-0.1, -0.05) is 247 Å². The molecule has 6 heteroatoms. The van der Waals surface area contributed by atoms with Gasteiger partial charge in [0.25, 0.3) is 0 Å². The van der Waals surface area contributed by atoms with Crippen LogP contribution in [0.15, 0.2) is 0 Å². The maximum Gasteiger partial charge on any atom is 0.306 e. The number of carbonyl (C=O) groups excluding carboxylic acids is 3. The lowest BCUT2D eigenvalue weighted by Crippen LogP contribution is -2.30. The van der Waals surface area contributed by atoms with E-state index in [0.29, 0.717) is 19.3 Å². The third-order valence-electron chi connectivity index (χ3n) is 12.1. The molecule has 1 unspecified atom stereocenters. The Morgan fingerprint density at radius 1 is 0.362 bits per heavy atom. The van der Waals surface area contributed by atoms with E-state index in [4.69, 9.17) is 14.2 Å². The van der Waals surface area contributed by atoms with Gasteiger partial charge in [0.2, 0.25) is 0 Å². The van der Waals surface area contributed by atoms with E-state index in [2.05, 4.69) is 34.6 Å². The van der Waals surface area contributed by atoms with Gasteiger partial charge in [-0.05, 0) is 31.1 Å². The lowest BCUT2D eigenvalue weighted by atomic mass is 9.99. The first kappa shape index (κ1) is 56.4. The van der Waals surface area contributed by atoms with Gasteiger partial charge >= 0.3 is 17.9 Å². The number of unbranched alkanes of at least 4 members (excludes halogenated alkanes) is 30. The third-order valence-corrected chi connectivity index (χ3v) is 12.1. The highest BCUT2D eigenvalue weighted by atomic mass is 16.6. The highest BCUT2D eigenvalue weighted by Gasteiger charge is 2.19. The first-order chi connectivity index (χ1) is 28.3. The Bertz CT molecular complexity index is 887. The van der Waals surface area contributed by atoms with Crippen LogP contribution in [-0.4, -0.2) is 37.2 Å². The molecule has 0 amide bonds. The van der Waals surface area contributed by atoms with Crippen molar-refractivity contribution in [3.63, 3.8) is 0 Å². The Balaban J connectivity index is 4.28. The van der Waals surface area contributed by atoms with Crippen molar-refractivity contribution in [3.8, 4) is 0 Å². The molecule has 0 aliphatic heterocycles. The number of hydrogen-bond acceptors (Lipinski definition) is 6. The van der Waals surface area contributed by atoms with Crippen LogP contribution in [0.1, 0.15) is 285 Å². The Morgan fingerprint density at radius 3 is 0.983 bits per heavy atom. The van der Waals surface area contributed by atoms with Crippen molar-refractivity contribution in [2.75, 3.05) is 13.2 Å². The molecule has 344 valence electrons. The van der Waals surface area contributed by atoms with Crippen molar-refractivity contribution in [2.45, 2.75) is 291 Å². The van der Waals surface area contributed by atoms with Gasteiger partial charge in [0.15, 0.2) is 6.10 Å². The Hall–Kier alpha value is -1.59. The molecule has 6 nitrogen and oxygen atoms in total. The molecule has 0 aromatic heterocycles. The van der Waals surface area contributed by atoms with Gasteiger partial charge in [0.1, 0.15) is 13.2 Å². The predicted molar refractivity (Wildman–Crippen MR) is 247 cm³/mol. The highest BCUT2D eigenvalue weighted by molar-refractivity contribution is 5.71. The van der Waals surface area contributed by atoms with Crippen molar-refractivity contribution >= 4 is 17.9 Å². The molecular weight excluding hydrogens is 721 g/mol. The second kappa shape index (κ2) is 44.9. The van der Waals surface area contributed by atoms with E-state index in [1.54, 1.807) is 0 Å². The fourth-order valence-electron chi connectivity index (χ4n) is 7.78. The quantitative estimate of drug-likeness (QED) is 0.0346. The SMILES string of the molecule is CCCCCCCCCCCCCCC(=O)OC[C@@H](COC(=O)CCCCCCCCCC(C)C)OC(=O)CCCCCCCCCCCCCCCCC(C)CC. The summed E-state index contributed by atoms with van der Waals surface area (Å²) >= 11 is 0. The summed E-state index contributed by atoms with van der Waals surface area (Å²) in [5.74, 6) is 0.824. The van der Waals surface area contributed by atoms with E-state index in [0.717, 1.165) is 69.6 Å². The molecule has 0 N–H and O–H groups in total. The molecule has 0 spiro atoms. The summed E-state index contributed by atoms with van der Waals surface area (Å²) in [7, 11) is 0. The number of hydrogen-bond donors (Lipinski definition) is 0. The van der Waals surface area contributed by atoms with Crippen LogP contribution in [0.3, 0.4) is 0 Å². The fraction of sp³-hybridized carbons (Fsp3) is 0.942. The minimum atomic E-state index is -0.761. The molecule has 58 heavy (non-hydrogen) atoms. The molecule has 0 aliphatic rings. The Kier molecular flexibility index (Phi) is 43.7. The second-order valence-electron chi connectivity index (χ2n) is 18.5. The van der Waals surface area contributed by atoms with Gasteiger partial charge in [-0.3, -0.25) is 14.4 Å². The van der Waals surface area contributed by atoms with Crippen LogP contribution < -0.4 is 0 Å². The average Bonchev–Trinajstić information content (AvgIpc) is 3.21. The minimum absolute atomic E-state index is 0.0642. The summed E-state index contributed by atoms with van der Waals surface area (Å²) in [6, 6.07) is 0. The van der Waals surface area contributed by atoms with Crippen molar-refractivity contribution in [3.05, 3.63) is 0 Å². The molecule has 0 aromatic rings.